The Bertz CT molecular complexity index is 847. The summed E-state index contributed by atoms with van der Waals surface area (Å²) in [5, 5.41) is 2.95. The highest BCUT2D eigenvalue weighted by molar-refractivity contribution is 6.09. The predicted octanol–water partition coefficient (Wildman–Crippen LogP) is 2.79. The summed E-state index contributed by atoms with van der Waals surface area (Å²) in [5.74, 6) is 0.333. The summed E-state index contributed by atoms with van der Waals surface area (Å²) in [4.78, 5) is 44.6. The summed E-state index contributed by atoms with van der Waals surface area (Å²) in [6, 6.07) is 5.44. The predicted molar refractivity (Wildman–Crippen MR) is 121 cm³/mol. The molecule has 7 nitrogen and oxygen atoms in total. The van der Waals surface area contributed by atoms with Gasteiger partial charge in [0.05, 0.1) is 11.4 Å². The molecule has 7 heteroatoms. The smallest absolute Gasteiger partial charge is 0.253 e. The molecule has 1 aromatic carbocycles. The summed E-state index contributed by atoms with van der Waals surface area (Å²) >= 11 is 0. The minimum Gasteiger partial charge on any atom is -0.358 e. The average molecular weight is 427 g/mol. The number of piperidine rings is 1. The molecule has 4 rings (SSSR count). The van der Waals surface area contributed by atoms with E-state index < -0.39 is 0 Å². The number of nitrogens with one attached hydrogen (secondary N) is 1. The van der Waals surface area contributed by atoms with Gasteiger partial charge >= 0.3 is 0 Å². The summed E-state index contributed by atoms with van der Waals surface area (Å²) < 4.78 is 0. The summed E-state index contributed by atoms with van der Waals surface area (Å²) in [5.41, 5.74) is 2.23. The van der Waals surface area contributed by atoms with Crippen LogP contribution in [-0.2, 0) is 9.59 Å². The summed E-state index contributed by atoms with van der Waals surface area (Å²) in [6.45, 7) is 7.23. The Morgan fingerprint density at radius 3 is 2.55 bits per heavy atom. The van der Waals surface area contributed by atoms with Gasteiger partial charge in [-0.3, -0.25) is 19.3 Å². The molecule has 0 aliphatic carbocycles. The second kappa shape index (κ2) is 9.28. The van der Waals surface area contributed by atoms with E-state index in [9.17, 15) is 14.4 Å². The van der Waals surface area contributed by atoms with Crippen molar-refractivity contribution >= 4 is 29.1 Å². The maximum atomic E-state index is 13.4. The van der Waals surface area contributed by atoms with E-state index in [0.29, 0.717) is 23.7 Å². The molecular weight excluding hydrogens is 392 g/mol. The number of benzene rings is 1. The third-order valence-corrected chi connectivity index (χ3v) is 6.62. The molecule has 2 fully saturated rings. The number of amides is 3. The van der Waals surface area contributed by atoms with Gasteiger partial charge in [0.1, 0.15) is 12.6 Å². The molecular formula is C24H34N4O3. The third-order valence-electron chi connectivity index (χ3n) is 6.62. The van der Waals surface area contributed by atoms with E-state index in [1.165, 1.54) is 0 Å². The Hall–Kier alpha value is -2.57. The number of rotatable bonds is 6. The standard InChI is InChI=1S/C24H34N4O3/c1-17(2)10-11-25-22(29)16-28-21-15-18(23(30)26-12-5-6-13-26)8-9-19(21)27-14-4-3-7-20(27)24(28)31/h8-9,15,17,20H,3-7,10-14,16H2,1-2H3,(H,25,29)/t20-/m1/s1. The molecule has 1 N–H and O–H groups in total. The van der Waals surface area contributed by atoms with E-state index in [2.05, 4.69) is 24.1 Å². The first-order valence-corrected chi connectivity index (χ1v) is 11.7. The van der Waals surface area contributed by atoms with Crippen LogP contribution in [0.5, 0.6) is 0 Å². The number of carbonyl (C=O) groups is 3. The van der Waals surface area contributed by atoms with E-state index in [1.807, 2.05) is 23.1 Å². The van der Waals surface area contributed by atoms with Crippen LogP contribution in [0, 0.1) is 5.92 Å². The van der Waals surface area contributed by atoms with Crippen LogP contribution in [0.4, 0.5) is 11.4 Å². The van der Waals surface area contributed by atoms with Crippen LogP contribution in [-0.4, -0.2) is 61.4 Å². The van der Waals surface area contributed by atoms with Gasteiger partial charge in [0.25, 0.3) is 5.91 Å². The molecule has 3 aliphatic heterocycles. The first-order chi connectivity index (χ1) is 15.0. The monoisotopic (exact) mass is 426 g/mol. The highest BCUT2D eigenvalue weighted by Crippen LogP contribution is 2.40. The number of hydrogen-bond donors (Lipinski definition) is 1. The summed E-state index contributed by atoms with van der Waals surface area (Å²) in [6.07, 6.45) is 5.84. The molecule has 3 heterocycles. The molecule has 3 aliphatic rings. The first kappa shape index (κ1) is 21.7. The number of anilines is 2. The molecule has 0 radical (unpaired) electrons. The maximum Gasteiger partial charge on any atom is 0.253 e. The normalized spacial score (nSPS) is 20.7. The number of nitrogens with zero attached hydrogens (tertiary/aromatic N) is 3. The van der Waals surface area contributed by atoms with Gasteiger partial charge < -0.3 is 15.1 Å². The lowest BCUT2D eigenvalue weighted by molar-refractivity contribution is -0.125. The van der Waals surface area contributed by atoms with Gasteiger partial charge in [-0.2, -0.15) is 0 Å². The minimum absolute atomic E-state index is 0.00434. The highest BCUT2D eigenvalue weighted by atomic mass is 16.2. The zero-order valence-corrected chi connectivity index (χ0v) is 18.7. The van der Waals surface area contributed by atoms with Gasteiger partial charge in [-0.1, -0.05) is 13.8 Å². The molecule has 0 spiro atoms. The topological polar surface area (TPSA) is 73.0 Å². The molecule has 1 atom stereocenters. The number of carbonyl (C=O) groups excluding carboxylic acids is 3. The second-order valence-electron chi connectivity index (χ2n) is 9.36. The lowest BCUT2D eigenvalue weighted by Gasteiger charge is -2.45. The highest BCUT2D eigenvalue weighted by Gasteiger charge is 2.40. The van der Waals surface area contributed by atoms with Crippen LogP contribution in [0.15, 0.2) is 18.2 Å². The van der Waals surface area contributed by atoms with Crippen molar-refractivity contribution < 1.29 is 14.4 Å². The summed E-state index contributed by atoms with van der Waals surface area (Å²) in [7, 11) is 0. The van der Waals surface area contributed by atoms with Crippen LogP contribution < -0.4 is 15.1 Å². The fraction of sp³-hybridized carbons (Fsp3) is 0.625. The molecule has 3 amide bonds. The van der Waals surface area contributed by atoms with E-state index in [0.717, 1.165) is 63.8 Å². The SMILES string of the molecule is CC(C)CCNC(=O)CN1C(=O)[C@H]2CCCCN2c2ccc(C(=O)N3CCCC3)cc21. The molecule has 2 saturated heterocycles. The number of hydrogen-bond acceptors (Lipinski definition) is 4. The average Bonchev–Trinajstić information content (AvgIpc) is 3.30. The lowest BCUT2D eigenvalue weighted by atomic mass is 9.95. The number of fused-ring (bicyclic) bond motifs is 3. The Morgan fingerprint density at radius 1 is 1.06 bits per heavy atom. The van der Waals surface area contributed by atoms with Crippen molar-refractivity contribution in [3.05, 3.63) is 23.8 Å². The Kier molecular flexibility index (Phi) is 6.49. The van der Waals surface area contributed by atoms with Crippen LogP contribution in [0.1, 0.15) is 62.7 Å². The molecule has 0 saturated carbocycles. The quantitative estimate of drug-likeness (QED) is 0.759. The Morgan fingerprint density at radius 2 is 1.81 bits per heavy atom. The van der Waals surface area contributed by atoms with Crippen LogP contribution in [0.3, 0.4) is 0 Å². The molecule has 0 bridgehead atoms. The van der Waals surface area contributed by atoms with Crippen molar-refractivity contribution in [2.75, 3.05) is 42.5 Å². The minimum atomic E-state index is -0.218. The van der Waals surface area contributed by atoms with Crippen molar-refractivity contribution in [2.45, 2.75) is 58.4 Å². The molecule has 0 aromatic heterocycles. The fourth-order valence-corrected chi connectivity index (χ4v) is 4.86. The Labute approximate surface area is 184 Å². The maximum absolute atomic E-state index is 13.4. The van der Waals surface area contributed by atoms with Gasteiger partial charge in [-0.15, -0.1) is 0 Å². The molecule has 168 valence electrons. The molecule has 0 unspecified atom stereocenters. The van der Waals surface area contributed by atoms with E-state index in [-0.39, 0.29) is 30.3 Å². The van der Waals surface area contributed by atoms with Crippen LogP contribution in [0.2, 0.25) is 0 Å². The van der Waals surface area contributed by atoms with Gasteiger partial charge in [0, 0.05) is 31.7 Å². The van der Waals surface area contributed by atoms with Gasteiger partial charge in [-0.05, 0) is 62.6 Å². The largest absolute Gasteiger partial charge is 0.358 e. The zero-order valence-electron chi connectivity index (χ0n) is 18.7. The van der Waals surface area contributed by atoms with Crippen molar-refractivity contribution in [1.82, 2.24) is 10.2 Å². The van der Waals surface area contributed by atoms with Gasteiger partial charge in [0.15, 0.2) is 0 Å². The lowest BCUT2D eigenvalue weighted by Crippen LogP contribution is -2.57. The van der Waals surface area contributed by atoms with Crippen molar-refractivity contribution in [1.29, 1.82) is 0 Å². The van der Waals surface area contributed by atoms with Crippen LogP contribution >= 0.6 is 0 Å². The molecule has 1 aromatic rings. The van der Waals surface area contributed by atoms with Gasteiger partial charge in [0.2, 0.25) is 11.8 Å². The van der Waals surface area contributed by atoms with Crippen LogP contribution in [0.25, 0.3) is 0 Å². The van der Waals surface area contributed by atoms with E-state index >= 15 is 0 Å². The van der Waals surface area contributed by atoms with Gasteiger partial charge in [-0.25, -0.2) is 0 Å². The van der Waals surface area contributed by atoms with E-state index in [4.69, 9.17) is 0 Å². The van der Waals surface area contributed by atoms with Crippen molar-refractivity contribution in [3.63, 3.8) is 0 Å². The Balaban J connectivity index is 1.61. The van der Waals surface area contributed by atoms with Crippen molar-refractivity contribution in [2.24, 2.45) is 5.92 Å². The fourth-order valence-electron chi connectivity index (χ4n) is 4.86. The van der Waals surface area contributed by atoms with Crippen molar-refractivity contribution in [3.8, 4) is 0 Å². The first-order valence-electron chi connectivity index (χ1n) is 11.7. The third kappa shape index (κ3) is 4.55. The number of likely N-dealkylation sites (tertiary alicyclic amines) is 1. The molecule has 31 heavy (non-hydrogen) atoms. The second-order valence-corrected chi connectivity index (χ2v) is 9.36. The zero-order chi connectivity index (χ0) is 22.0. The van der Waals surface area contributed by atoms with E-state index in [1.54, 1.807) is 4.90 Å².